The summed E-state index contributed by atoms with van der Waals surface area (Å²) in [7, 11) is 0. The van der Waals surface area contributed by atoms with Gasteiger partial charge in [-0.15, -0.1) is 5.10 Å². The van der Waals surface area contributed by atoms with Crippen molar-refractivity contribution in [1.29, 1.82) is 0 Å². The van der Waals surface area contributed by atoms with E-state index in [4.69, 9.17) is 9.47 Å². The highest BCUT2D eigenvalue weighted by Crippen LogP contribution is 2.39. The molecule has 11 heteroatoms. The summed E-state index contributed by atoms with van der Waals surface area (Å²) in [5.74, 6) is -0.580. The lowest BCUT2D eigenvalue weighted by molar-refractivity contribution is -0.386. The van der Waals surface area contributed by atoms with Gasteiger partial charge in [-0.3, -0.25) is 19.7 Å². The number of nitrogens with zero attached hydrogens (tertiary/aromatic N) is 3. The molecule has 0 saturated heterocycles. The summed E-state index contributed by atoms with van der Waals surface area (Å²) >= 11 is 6.64. The Balaban J connectivity index is 2.01. The Kier molecular flexibility index (Phi) is 5.99. The summed E-state index contributed by atoms with van der Waals surface area (Å²) < 4.78 is 11.9. The molecule has 150 valence electrons. The summed E-state index contributed by atoms with van der Waals surface area (Å²) in [5, 5.41) is 16.6. The number of carbonyl (C=O) groups excluding carboxylic acids is 2. The lowest BCUT2D eigenvalue weighted by atomic mass is 10.1. The number of benzene rings is 2. The van der Waals surface area contributed by atoms with E-state index in [1.807, 2.05) is 0 Å². The Labute approximate surface area is 181 Å². The molecule has 0 radical (unpaired) electrons. The van der Waals surface area contributed by atoms with E-state index in [-0.39, 0.29) is 22.9 Å². The molecular formula is C18H13Br2N3O6. The van der Waals surface area contributed by atoms with Crippen molar-refractivity contribution in [2.75, 3.05) is 0 Å². The quantitative estimate of drug-likeness (QED) is 0.254. The molecule has 1 unspecified atom stereocenters. The molecule has 0 N–H and O–H groups in total. The number of ether oxygens (including phenoxy) is 2. The Morgan fingerprint density at radius 3 is 2.38 bits per heavy atom. The summed E-state index contributed by atoms with van der Waals surface area (Å²) in [6.07, 6.45) is -1.09. The largest absolute Gasteiger partial charge is 0.445 e. The lowest BCUT2D eigenvalue weighted by Crippen LogP contribution is -2.25. The monoisotopic (exact) mass is 525 g/mol. The minimum atomic E-state index is -1.09. The second-order valence-electron chi connectivity index (χ2n) is 5.92. The van der Waals surface area contributed by atoms with Gasteiger partial charge < -0.3 is 9.47 Å². The summed E-state index contributed by atoms with van der Waals surface area (Å²) in [5.41, 5.74) is 0.473. The second kappa shape index (κ2) is 8.29. The number of rotatable bonds is 4. The molecule has 2 aromatic carbocycles. The van der Waals surface area contributed by atoms with E-state index in [0.717, 1.165) is 5.01 Å². The van der Waals surface area contributed by atoms with Crippen molar-refractivity contribution in [3.63, 3.8) is 0 Å². The van der Waals surface area contributed by atoms with E-state index in [1.54, 1.807) is 18.2 Å². The zero-order valence-corrected chi connectivity index (χ0v) is 18.3. The average Bonchev–Trinajstić information content (AvgIpc) is 3.10. The van der Waals surface area contributed by atoms with Crippen molar-refractivity contribution in [3.8, 4) is 5.75 Å². The summed E-state index contributed by atoms with van der Waals surface area (Å²) in [4.78, 5) is 34.2. The van der Waals surface area contributed by atoms with Gasteiger partial charge in [-0.1, -0.05) is 12.1 Å². The standard InChI is InChI=1S/C18H13Br2N3O6/c1-9(24)22-18(12-5-3-4-6-15(12)23(26)27)29-17(21-22)11-7-13(19)16(14(20)8-11)28-10(2)25/h3-8,18H,1-2H3. The maximum Gasteiger partial charge on any atom is 0.308 e. The lowest BCUT2D eigenvalue weighted by Gasteiger charge is -2.19. The Hall–Kier alpha value is -2.79. The van der Waals surface area contributed by atoms with Gasteiger partial charge in [0.25, 0.3) is 5.69 Å². The molecule has 2 aromatic rings. The van der Waals surface area contributed by atoms with E-state index in [9.17, 15) is 19.7 Å². The van der Waals surface area contributed by atoms with Crippen molar-refractivity contribution in [2.24, 2.45) is 5.10 Å². The van der Waals surface area contributed by atoms with Gasteiger partial charge in [0.2, 0.25) is 18.0 Å². The van der Waals surface area contributed by atoms with Crippen LogP contribution in [0.25, 0.3) is 0 Å². The first-order valence-electron chi connectivity index (χ1n) is 8.15. The topological polar surface area (TPSA) is 111 Å². The number of para-hydroxylation sites is 1. The molecule has 0 bridgehead atoms. The van der Waals surface area contributed by atoms with Crippen molar-refractivity contribution in [1.82, 2.24) is 5.01 Å². The highest BCUT2D eigenvalue weighted by atomic mass is 79.9. The highest BCUT2D eigenvalue weighted by Gasteiger charge is 2.37. The molecule has 29 heavy (non-hydrogen) atoms. The molecule has 1 heterocycles. The number of hydrogen-bond donors (Lipinski definition) is 0. The van der Waals surface area contributed by atoms with Crippen LogP contribution in [0.3, 0.4) is 0 Å². The van der Waals surface area contributed by atoms with Crippen LogP contribution in [0.2, 0.25) is 0 Å². The number of nitro groups is 1. The van der Waals surface area contributed by atoms with Gasteiger partial charge in [0, 0.05) is 25.5 Å². The Bertz CT molecular complexity index is 1030. The Morgan fingerprint density at radius 2 is 1.83 bits per heavy atom. The molecule has 9 nitrogen and oxygen atoms in total. The van der Waals surface area contributed by atoms with Gasteiger partial charge in [0.05, 0.1) is 19.4 Å². The number of esters is 1. The van der Waals surface area contributed by atoms with Crippen LogP contribution in [0, 0.1) is 10.1 Å². The maximum absolute atomic E-state index is 12.1. The first kappa shape index (κ1) is 20.9. The molecule has 3 rings (SSSR count). The van der Waals surface area contributed by atoms with Gasteiger partial charge >= 0.3 is 5.97 Å². The highest BCUT2D eigenvalue weighted by molar-refractivity contribution is 9.11. The van der Waals surface area contributed by atoms with E-state index < -0.39 is 23.0 Å². The molecule has 1 amide bonds. The van der Waals surface area contributed by atoms with E-state index in [0.29, 0.717) is 14.5 Å². The van der Waals surface area contributed by atoms with Crippen LogP contribution in [0.4, 0.5) is 5.69 Å². The molecule has 0 aliphatic carbocycles. The van der Waals surface area contributed by atoms with Gasteiger partial charge in [-0.2, -0.15) is 5.01 Å². The van der Waals surface area contributed by atoms with Crippen molar-refractivity contribution >= 4 is 55.3 Å². The predicted octanol–water partition coefficient (Wildman–Crippen LogP) is 4.28. The van der Waals surface area contributed by atoms with E-state index >= 15 is 0 Å². The predicted molar refractivity (Wildman–Crippen MR) is 109 cm³/mol. The van der Waals surface area contributed by atoms with Crippen LogP contribution < -0.4 is 4.74 Å². The van der Waals surface area contributed by atoms with Gasteiger partial charge in [0.1, 0.15) is 0 Å². The van der Waals surface area contributed by atoms with Crippen LogP contribution in [-0.4, -0.2) is 27.7 Å². The number of nitro benzene ring substituents is 1. The molecule has 1 atom stereocenters. The smallest absolute Gasteiger partial charge is 0.308 e. The molecule has 0 saturated carbocycles. The number of halogens is 2. The van der Waals surface area contributed by atoms with Crippen molar-refractivity contribution in [2.45, 2.75) is 20.1 Å². The third-order valence-corrected chi connectivity index (χ3v) is 5.04. The normalized spacial score (nSPS) is 15.5. The molecule has 0 fully saturated rings. The fourth-order valence-electron chi connectivity index (χ4n) is 2.67. The molecule has 1 aliphatic rings. The second-order valence-corrected chi connectivity index (χ2v) is 7.63. The fraction of sp³-hybridized carbons (Fsp3) is 0.167. The number of hydrazone groups is 1. The molecular weight excluding hydrogens is 514 g/mol. The van der Waals surface area contributed by atoms with Crippen molar-refractivity contribution in [3.05, 3.63) is 66.6 Å². The van der Waals surface area contributed by atoms with Crippen LogP contribution in [0.15, 0.2) is 50.4 Å². The summed E-state index contributed by atoms with van der Waals surface area (Å²) in [6, 6.07) is 9.17. The van der Waals surface area contributed by atoms with E-state index in [1.165, 1.54) is 32.0 Å². The van der Waals surface area contributed by atoms with Crippen LogP contribution >= 0.6 is 31.9 Å². The molecule has 0 spiro atoms. The first-order valence-corrected chi connectivity index (χ1v) is 9.74. The third kappa shape index (κ3) is 4.30. The molecule has 0 aromatic heterocycles. The van der Waals surface area contributed by atoms with Crippen LogP contribution in [0.5, 0.6) is 5.75 Å². The number of amides is 1. The molecule has 1 aliphatic heterocycles. The summed E-state index contributed by atoms with van der Waals surface area (Å²) in [6.45, 7) is 2.56. The SMILES string of the molecule is CC(=O)Oc1c(Br)cc(C2=NN(C(C)=O)C(c3ccccc3[N+](=O)[O-])O2)cc1Br. The van der Waals surface area contributed by atoms with Gasteiger partial charge in [-0.05, 0) is 50.1 Å². The first-order chi connectivity index (χ1) is 13.7. The van der Waals surface area contributed by atoms with E-state index in [2.05, 4.69) is 37.0 Å². The van der Waals surface area contributed by atoms with Crippen LogP contribution in [0.1, 0.15) is 31.2 Å². The van der Waals surface area contributed by atoms with Gasteiger partial charge in [0.15, 0.2) is 5.75 Å². The Morgan fingerprint density at radius 1 is 1.21 bits per heavy atom. The number of hydrogen-bond acceptors (Lipinski definition) is 7. The third-order valence-electron chi connectivity index (χ3n) is 3.86. The minimum absolute atomic E-state index is 0.0825. The zero-order chi connectivity index (χ0) is 21.3. The fourth-order valence-corrected chi connectivity index (χ4v) is 4.02. The van der Waals surface area contributed by atoms with Crippen molar-refractivity contribution < 1.29 is 24.0 Å². The van der Waals surface area contributed by atoms with Gasteiger partial charge in [-0.25, -0.2) is 0 Å². The maximum atomic E-state index is 12.1. The van der Waals surface area contributed by atoms with Crippen LogP contribution in [-0.2, 0) is 14.3 Å². The average molecular weight is 527 g/mol. The number of carbonyl (C=O) groups is 2. The minimum Gasteiger partial charge on any atom is -0.445 e. The zero-order valence-electron chi connectivity index (χ0n) is 15.1.